The van der Waals surface area contributed by atoms with E-state index in [9.17, 15) is 9.59 Å². The molecular weight excluding hydrogens is 356 g/mol. The maximum absolute atomic E-state index is 12.4. The molecule has 0 aromatic carbocycles. The van der Waals surface area contributed by atoms with E-state index >= 15 is 0 Å². The molecule has 2 aromatic rings. The Kier molecular flexibility index (Phi) is 3.97. The van der Waals surface area contributed by atoms with Crippen LogP contribution in [0.15, 0.2) is 18.3 Å². The number of carbonyl (C=O) groups is 2. The lowest BCUT2D eigenvalue weighted by atomic mass is 10.2. The summed E-state index contributed by atoms with van der Waals surface area (Å²) in [5.41, 5.74) is 1.86. The minimum absolute atomic E-state index is 0.0803. The highest BCUT2D eigenvalue weighted by Crippen LogP contribution is 2.40. The molecule has 4 heterocycles. The number of hydrogen-bond acceptors (Lipinski definition) is 5. The van der Waals surface area contributed by atoms with Crippen LogP contribution >= 0.6 is 0 Å². The molecule has 144 valence electrons. The monoisotopic (exact) mass is 378 g/mol. The molecule has 0 spiro atoms. The average Bonchev–Trinajstić information content (AvgIpc) is 3.12. The third-order valence-corrected chi connectivity index (χ3v) is 6.13. The molecule has 8 heteroatoms. The number of aromatic amines is 1. The fourth-order valence-electron chi connectivity index (χ4n) is 4.63. The van der Waals surface area contributed by atoms with E-state index in [1.807, 2.05) is 23.2 Å². The Labute approximate surface area is 162 Å². The maximum atomic E-state index is 12.4. The first-order valence-corrected chi connectivity index (χ1v) is 9.84. The van der Waals surface area contributed by atoms with Gasteiger partial charge in [0.05, 0.1) is 17.8 Å². The van der Waals surface area contributed by atoms with Gasteiger partial charge in [-0.25, -0.2) is 4.98 Å². The number of carbonyl (C=O) groups excluding carboxylic acids is 2. The molecular formula is C20H22N6O2. The number of nitrogens with zero attached hydrogens (tertiary/aromatic N) is 5. The second-order valence-electron chi connectivity index (χ2n) is 7.88. The van der Waals surface area contributed by atoms with E-state index in [-0.39, 0.29) is 30.5 Å². The molecule has 0 radical (unpaired) electrons. The van der Waals surface area contributed by atoms with E-state index in [0.717, 1.165) is 48.9 Å². The number of hydrogen-bond donors (Lipinski definition) is 1. The van der Waals surface area contributed by atoms with Crippen molar-refractivity contribution in [1.29, 1.82) is 5.26 Å². The predicted octanol–water partition coefficient (Wildman–Crippen LogP) is 1.78. The summed E-state index contributed by atoms with van der Waals surface area (Å²) in [7, 11) is 0. The lowest BCUT2D eigenvalue weighted by Crippen LogP contribution is -2.48. The van der Waals surface area contributed by atoms with Gasteiger partial charge in [-0.1, -0.05) is 0 Å². The first-order valence-electron chi connectivity index (χ1n) is 9.84. The van der Waals surface area contributed by atoms with E-state index in [0.29, 0.717) is 18.8 Å². The summed E-state index contributed by atoms with van der Waals surface area (Å²) in [6.07, 6.45) is 6.32. The second-order valence-corrected chi connectivity index (χ2v) is 7.88. The summed E-state index contributed by atoms with van der Waals surface area (Å²) in [4.78, 5) is 37.9. The molecule has 2 aliphatic heterocycles. The van der Waals surface area contributed by atoms with Crippen molar-refractivity contribution in [2.24, 2.45) is 0 Å². The molecule has 5 rings (SSSR count). The summed E-state index contributed by atoms with van der Waals surface area (Å²) in [5.74, 6) is 0.768. The fraction of sp³-hybridized carbons (Fsp3) is 0.500. The van der Waals surface area contributed by atoms with E-state index in [1.54, 1.807) is 4.90 Å². The van der Waals surface area contributed by atoms with Crippen LogP contribution in [0.25, 0.3) is 11.0 Å². The highest BCUT2D eigenvalue weighted by molar-refractivity contribution is 5.94. The van der Waals surface area contributed by atoms with Crippen LogP contribution in [0.2, 0.25) is 0 Å². The van der Waals surface area contributed by atoms with Crippen LogP contribution in [0, 0.1) is 11.3 Å². The van der Waals surface area contributed by atoms with Crippen molar-refractivity contribution in [3.05, 3.63) is 18.3 Å². The number of piperazine rings is 1. The first-order chi connectivity index (χ1) is 13.7. The average molecular weight is 378 g/mol. The van der Waals surface area contributed by atoms with Crippen molar-refractivity contribution in [1.82, 2.24) is 14.9 Å². The van der Waals surface area contributed by atoms with Crippen molar-refractivity contribution in [3.63, 3.8) is 0 Å². The number of H-pyrrole nitrogens is 1. The van der Waals surface area contributed by atoms with Crippen LogP contribution in [0.1, 0.15) is 32.1 Å². The van der Waals surface area contributed by atoms with Crippen molar-refractivity contribution in [2.75, 3.05) is 22.9 Å². The molecule has 2 atom stereocenters. The number of likely N-dealkylation sites (tertiary alicyclic amines) is 1. The Bertz CT molecular complexity index is 975. The van der Waals surface area contributed by atoms with Crippen molar-refractivity contribution in [3.8, 4) is 6.07 Å². The van der Waals surface area contributed by atoms with Crippen molar-refractivity contribution < 1.29 is 9.59 Å². The Morgan fingerprint density at radius 3 is 2.93 bits per heavy atom. The summed E-state index contributed by atoms with van der Waals surface area (Å²) in [6, 6.07) is 6.80. The van der Waals surface area contributed by atoms with Gasteiger partial charge in [0.15, 0.2) is 0 Å². The van der Waals surface area contributed by atoms with Crippen LogP contribution in [-0.4, -0.2) is 58.4 Å². The van der Waals surface area contributed by atoms with Gasteiger partial charge in [0.25, 0.3) is 0 Å². The summed E-state index contributed by atoms with van der Waals surface area (Å²) < 4.78 is 0. The van der Waals surface area contributed by atoms with Crippen LogP contribution in [0.3, 0.4) is 0 Å². The molecule has 28 heavy (non-hydrogen) atoms. The quantitative estimate of drug-likeness (QED) is 0.773. The molecule has 1 N–H and O–H groups in total. The Morgan fingerprint density at radius 2 is 2.25 bits per heavy atom. The van der Waals surface area contributed by atoms with Crippen LogP contribution in [0.5, 0.6) is 0 Å². The minimum atomic E-state index is 0.0803. The molecule has 2 saturated heterocycles. The molecule has 2 aromatic heterocycles. The van der Waals surface area contributed by atoms with Gasteiger partial charge in [-0.3, -0.25) is 14.5 Å². The largest absolute Gasteiger partial charge is 0.364 e. The zero-order chi connectivity index (χ0) is 19.3. The van der Waals surface area contributed by atoms with Gasteiger partial charge in [0.1, 0.15) is 11.5 Å². The minimum Gasteiger partial charge on any atom is -0.364 e. The third kappa shape index (κ3) is 2.70. The summed E-state index contributed by atoms with van der Waals surface area (Å²) in [5, 5.41) is 9.77. The number of pyridine rings is 1. The van der Waals surface area contributed by atoms with Crippen LogP contribution < -0.4 is 9.80 Å². The maximum Gasteiger partial charge on any atom is 0.223 e. The molecule has 1 aliphatic carbocycles. The van der Waals surface area contributed by atoms with Gasteiger partial charge < -0.3 is 14.8 Å². The van der Waals surface area contributed by atoms with E-state index < -0.39 is 0 Å². The number of amides is 2. The second kappa shape index (κ2) is 6.51. The fourth-order valence-corrected chi connectivity index (χ4v) is 4.63. The zero-order valence-electron chi connectivity index (χ0n) is 15.5. The van der Waals surface area contributed by atoms with E-state index in [1.165, 1.54) is 0 Å². The standard InChI is InChI=1S/C20H22N6O2/c21-6-1-2-19(28)25-11-14-8-15(25)10-24(14)17-9-18(26(12-27)13-3-4-13)23-20-16(17)5-7-22-20/h5,7,9,12-15H,1-4,8,10-11H2,(H,22,23)/t14-,15-/m1/s1. The third-order valence-electron chi connectivity index (χ3n) is 6.13. The molecule has 2 bridgehead atoms. The first kappa shape index (κ1) is 17.0. The number of aromatic nitrogens is 2. The highest BCUT2D eigenvalue weighted by atomic mass is 16.2. The predicted molar refractivity (Wildman–Crippen MR) is 104 cm³/mol. The highest BCUT2D eigenvalue weighted by Gasteiger charge is 2.45. The molecule has 0 unspecified atom stereocenters. The number of fused-ring (bicyclic) bond motifs is 3. The van der Waals surface area contributed by atoms with Gasteiger partial charge in [0, 0.05) is 55.7 Å². The SMILES string of the molecule is N#CCCC(=O)N1C[C@H]2C[C@@H]1CN2c1cc(N(C=O)C2CC2)nc2[nH]ccc12. The summed E-state index contributed by atoms with van der Waals surface area (Å²) >= 11 is 0. The Morgan fingerprint density at radius 1 is 1.39 bits per heavy atom. The topological polar surface area (TPSA) is 96.3 Å². The van der Waals surface area contributed by atoms with Gasteiger partial charge in [-0.05, 0) is 25.3 Å². The number of anilines is 2. The van der Waals surface area contributed by atoms with Gasteiger partial charge in [-0.2, -0.15) is 5.26 Å². The molecule has 8 nitrogen and oxygen atoms in total. The number of rotatable bonds is 6. The lowest BCUT2D eigenvalue weighted by Gasteiger charge is -2.36. The Hall–Kier alpha value is -3.08. The lowest BCUT2D eigenvalue weighted by molar-refractivity contribution is -0.132. The molecule has 1 saturated carbocycles. The molecule has 3 fully saturated rings. The number of nitriles is 1. The number of nitrogens with one attached hydrogen (secondary N) is 1. The van der Waals surface area contributed by atoms with Crippen LogP contribution in [0.4, 0.5) is 11.5 Å². The van der Waals surface area contributed by atoms with Gasteiger partial charge in [-0.15, -0.1) is 0 Å². The smallest absolute Gasteiger partial charge is 0.223 e. The van der Waals surface area contributed by atoms with E-state index in [4.69, 9.17) is 5.26 Å². The molecule has 2 amide bonds. The van der Waals surface area contributed by atoms with Gasteiger partial charge >= 0.3 is 0 Å². The van der Waals surface area contributed by atoms with Gasteiger partial charge in [0.2, 0.25) is 12.3 Å². The summed E-state index contributed by atoms with van der Waals surface area (Å²) in [6.45, 7) is 1.47. The normalized spacial score (nSPS) is 23.2. The Balaban J connectivity index is 1.43. The zero-order valence-corrected chi connectivity index (χ0v) is 15.5. The van der Waals surface area contributed by atoms with Crippen molar-refractivity contribution in [2.45, 2.75) is 50.2 Å². The molecule has 3 aliphatic rings. The van der Waals surface area contributed by atoms with Crippen LogP contribution in [-0.2, 0) is 9.59 Å². The van der Waals surface area contributed by atoms with E-state index in [2.05, 4.69) is 20.9 Å². The van der Waals surface area contributed by atoms with Crippen molar-refractivity contribution >= 4 is 34.9 Å².